The van der Waals surface area contributed by atoms with E-state index in [1.807, 2.05) is 24.3 Å². The molecule has 4 rings (SSSR count). The molecular weight excluding hydrogens is 408 g/mol. The molecule has 0 atom stereocenters. The molecule has 3 aromatic rings. The number of aromatic nitrogens is 2. The molecule has 1 fully saturated rings. The van der Waals surface area contributed by atoms with E-state index in [2.05, 4.69) is 45.0 Å². The third-order valence-corrected chi connectivity index (χ3v) is 5.56. The molecule has 1 N–H and O–H groups in total. The molecule has 6 heteroatoms. The molecule has 0 saturated carbocycles. The summed E-state index contributed by atoms with van der Waals surface area (Å²) in [5.41, 5.74) is 4.57. The second kappa shape index (κ2) is 9.75. The number of benzene rings is 2. The zero-order chi connectivity index (χ0) is 21.6. The van der Waals surface area contributed by atoms with Gasteiger partial charge in [-0.2, -0.15) is 0 Å². The summed E-state index contributed by atoms with van der Waals surface area (Å²) in [6.45, 7) is 5.73. The third-order valence-electron chi connectivity index (χ3n) is 5.34. The van der Waals surface area contributed by atoms with Crippen molar-refractivity contribution in [2.24, 2.45) is 0 Å². The zero-order valence-electron chi connectivity index (χ0n) is 17.4. The van der Waals surface area contributed by atoms with Gasteiger partial charge in [0.25, 0.3) is 0 Å². The lowest BCUT2D eigenvalue weighted by Crippen LogP contribution is -2.29. The second-order valence-corrected chi connectivity index (χ2v) is 8.12. The Morgan fingerprint density at radius 3 is 2.77 bits per heavy atom. The number of ketones is 1. The first kappa shape index (κ1) is 21.1. The minimum absolute atomic E-state index is 0.0492. The van der Waals surface area contributed by atoms with E-state index < -0.39 is 0 Å². The van der Waals surface area contributed by atoms with Crippen molar-refractivity contribution in [1.82, 2.24) is 9.97 Å². The summed E-state index contributed by atoms with van der Waals surface area (Å²) < 4.78 is 0. The van der Waals surface area contributed by atoms with E-state index >= 15 is 0 Å². The van der Waals surface area contributed by atoms with Crippen LogP contribution in [0.5, 0.6) is 0 Å². The number of nitrogens with zero attached hydrogens (tertiary/aromatic N) is 3. The van der Waals surface area contributed by atoms with Gasteiger partial charge in [-0.3, -0.25) is 4.79 Å². The zero-order valence-corrected chi connectivity index (χ0v) is 18.1. The molecule has 0 unspecified atom stereocenters. The van der Waals surface area contributed by atoms with E-state index in [0.29, 0.717) is 11.0 Å². The van der Waals surface area contributed by atoms with Crippen LogP contribution in [-0.2, 0) is 11.2 Å². The number of nitrogens with one attached hydrogen (secondary N) is 1. The summed E-state index contributed by atoms with van der Waals surface area (Å²) in [5, 5.41) is 3.88. The van der Waals surface area contributed by atoms with E-state index in [9.17, 15) is 4.79 Å². The van der Waals surface area contributed by atoms with E-state index in [1.54, 1.807) is 12.3 Å². The number of rotatable bonds is 7. The topological polar surface area (TPSA) is 58.1 Å². The highest BCUT2D eigenvalue weighted by Gasteiger charge is 2.12. The van der Waals surface area contributed by atoms with Crippen LogP contribution in [0.2, 0.25) is 5.02 Å². The van der Waals surface area contributed by atoms with E-state index in [4.69, 9.17) is 11.6 Å². The van der Waals surface area contributed by atoms with Gasteiger partial charge >= 0.3 is 0 Å². The number of carbonyl (C=O) groups is 1. The number of anilines is 3. The highest BCUT2D eigenvalue weighted by atomic mass is 35.5. The third kappa shape index (κ3) is 5.50. The maximum absolute atomic E-state index is 11.7. The number of carbonyl (C=O) groups excluding carboxylic acids is 1. The van der Waals surface area contributed by atoms with Crippen LogP contribution in [0.15, 0.2) is 67.4 Å². The van der Waals surface area contributed by atoms with Crippen molar-refractivity contribution in [3.8, 4) is 11.3 Å². The van der Waals surface area contributed by atoms with Gasteiger partial charge in [0.15, 0.2) is 5.78 Å². The lowest BCUT2D eigenvalue weighted by atomic mass is 10.0. The Morgan fingerprint density at radius 2 is 1.97 bits per heavy atom. The lowest BCUT2D eigenvalue weighted by Gasteiger charge is -2.29. The predicted molar refractivity (Wildman–Crippen MR) is 127 cm³/mol. The van der Waals surface area contributed by atoms with E-state index in [-0.39, 0.29) is 12.2 Å². The average Bonchev–Trinajstić information content (AvgIpc) is 2.79. The summed E-state index contributed by atoms with van der Waals surface area (Å²) in [6.07, 6.45) is 7.09. The van der Waals surface area contributed by atoms with Crippen molar-refractivity contribution in [1.29, 1.82) is 0 Å². The van der Waals surface area contributed by atoms with Crippen LogP contribution >= 0.6 is 11.6 Å². The Bertz CT molecular complexity index is 1090. The van der Waals surface area contributed by atoms with Crippen LogP contribution in [0.25, 0.3) is 11.3 Å². The molecule has 1 aliphatic heterocycles. The largest absolute Gasteiger partial charge is 0.371 e. The second-order valence-electron chi connectivity index (χ2n) is 7.68. The van der Waals surface area contributed by atoms with Crippen LogP contribution < -0.4 is 10.2 Å². The smallest absolute Gasteiger partial charge is 0.227 e. The van der Waals surface area contributed by atoms with Crippen LogP contribution in [0.4, 0.5) is 17.3 Å². The molecule has 1 aromatic heterocycles. The maximum atomic E-state index is 11.7. The monoisotopic (exact) mass is 432 g/mol. The molecule has 158 valence electrons. The quantitative estimate of drug-likeness (QED) is 0.476. The van der Waals surface area contributed by atoms with Gasteiger partial charge in [0.05, 0.1) is 5.69 Å². The fourth-order valence-corrected chi connectivity index (χ4v) is 4.07. The number of hydrogen-bond acceptors (Lipinski definition) is 5. The Hall–Kier alpha value is -3.18. The molecule has 2 aromatic carbocycles. The average molecular weight is 433 g/mol. The first-order chi connectivity index (χ1) is 15.1. The maximum Gasteiger partial charge on any atom is 0.227 e. The highest BCUT2D eigenvalue weighted by molar-refractivity contribution is 6.31. The van der Waals surface area contributed by atoms with E-state index in [1.165, 1.54) is 31.0 Å². The molecule has 0 spiro atoms. The van der Waals surface area contributed by atoms with Gasteiger partial charge in [-0.1, -0.05) is 24.2 Å². The molecule has 2 heterocycles. The summed E-state index contributed by atoms with van der Waals surface area (Å²) in [7, 11) is 0. The first-order valence-electron chi connectivity index (χ1n) is 10.5. The normalized spacial score (nSPS) is 13.6. The van der Waals surface area contributed by atoms with Gasteiger partial charge in [0.2, 0.25) is 5.95 Å². The van der Waals surface area contributed by atoms with Gasteiger partial charge in [-0.15, -0.1) is 0 Å². The molecule has 0 aliphatic carbocycles. The standard InChI is InChI=1S/C25H25ClN4O/c1-2-23(31)15-18-13-19(16-20(26)14-18)24-9-10-27-25(29-24)28-21-7-6-8-22(17-21)30-11-4-3-5-12-30/h2,6-10,13-14,16-17H,1,3-5,11-12,15H2,(H,27,28,29). The number of piperidine rings is 1. The van der Waals surface area contributed by atoms with Gasteiger partial charge in [-0.25, -0.2) is 9.97 Å². The fourth-order valence-electron chi connectivity index (χ4n) is 3.81. The molecule has 1 saturated heterocycles. The van der Waals surface area contributed by atoms with Crippen molar-refractivity contribution in [3.05, 3.63) is 78.0 Å². The molecule has 1 aliphatic rings. The van der Waals surface area contributed by atoms with Crippen LogP contribution in [-0.4, -0.2) is 28.8 Å². The van der Waals surface area contributed by atoms with E-state index in [0.717, 1.165) is 35.6 Å². The summed E-state index contributed by atoms with van der Waals surface area (Å²) >= 11 is 6.29. The minimum atomic E-state index is -0.0492. The van der Waals surface area contributed by atoms with Crippen LogP contribution in [0, 0.1) is 0 Å². The highest BCUT2D eigenvalue weighted by Crippen LogP contribution is 2.27. The number of allylic oxidation sites excluding steroid dienone is 1. The van der Waals surface area contributed by atoms with Crippen LogP contribution in [0.3, 0.4) is 0 Å². The summed E-state index contributed by atoms with van der Waals surface area (Å²) in [4.78, 5) is 23.2. The van der Waals surface area contributed by atoms with Gasteiger partial charge in [0, 0.05) is 47.7 Å². The van der Waals surface area contributed by atoms with Gasteiger partial charge in [-0.05, 0) is 73.4 Å². The molecule has 0 bridgehead atoms. The predicted octanol–water partition coefficient (Wildman–Crippen LogP) is 5.83. The molecule has 31 heavy (non-hydrogen) atoms. The fraction of sp³-hybridized carbons (Fsp3) is 0.240. The summed E-state index contributed by atoms with van der Waals surface area (Å²) in [6, 6.07) is 15.7. The Kier molecular flexibility index (Phi) is 6.63. The van der Waals surface area contributed by atoms with Gasteiger partial charge in [0.1, 0.15) is 0 Å². The summed E-state index contributed by atoms with van der Waals surface area (Å²) in [5.74, 6) is 0.462. The SMILES string of the molecule is C=CC(=O)Cc1cc(Cl)cc(-c2ccnc(Nc3cccc(N4CCCCC4)c3)n2)c1. The van der Waals surface area contributed by atoms with Crippen molar-refractivity contribution < 1.29 is 4.79 Å². The first-order valence-corrected chi connectivity index (χ1v) is 10.9. The van der Waals surface area contributed by atoms with Crippen molar-refractivity contribution >= 4 is 34.7 Å². The minimum Gasteiger partial charge on any atom is -0.371 e. The number of hydrogen-bond donors (Lipinski definition) is 1. The molecular formula is C25H25ClN4O. The van der Waals surface area contributed by atoms with Crippen LogP contribution in [0.1, 0.15) is 24.8 Å². The Balaban J connectivity index is 1.55. The Labute approximate surface area is 187 Å². The van der Waals surface area contributed by atoms with Crippen molar-refractivity contribution in [2.45, 2.75) is 25.7 Å². The van der Waals surface area contributed by atoms with Gasteiger partial charge < -0.3 is 10.2 Å². The molecule has 0 amide bonds. The molecule has 5 nitrogen and oxygen atoms in total. The Morgan fingerprint density at radius 1 is 1.13 bits per heavy atom. The van der Waals surface area contributed by atoms with Crippen molar-refractivity contribution in [3.63, 3.8) is 0 Å². The lowest BCUT2D eigenvalue weighted by molar-refractivity contribution is -0.114. The number of halogens is 1. The molecule has 0 radical (unpaired) electrons. The van der Waals surface area contributed by atoms with Crippen molar-refractivity contribution in [2.75, 3.05) is 23.3 Å².